The molecule has 0 spiro atoms. The number of hydrogen-bond acceptors (Lipinski definition) is 3. The molecular formula is C13H22O3Si. The molecule has 0 aliphatic heterocycles. The zero-order valence-corrected chi connectivity index (χ0v) is 12.1. The van der Waals surface area contributed by atoms with Crippen molar-refractivity contribution in [1.82, 2.24) is 0 Å². The fourth-order valence-corrected chi connectivity index (χ4v) is 1.84. The quantitative estimate of drug-likeness (QED) is 0.354. The van der Waals surface area contributed by atoms with E-state index in [-0.39, 0.29) is 12.1 Å². The topological polar surface area (TPSA) is 46.5 Å². The molecule has 1 N–H and O–H groups in total. The van der Waals surface area contributed by atoms with Gasteiger partial charge in [-0.15, -0.1) is 18.0 Å². The van der Waals surface area contributed by atoms with E-state index in [0.29, 0.717) is 12.8 Å². The maximum atomic E-state index is 10.9. The monoisotopic (exact) mass is 254 g/mol. The van der Waals surface area contributed by atoms with Crippen molar-refractivity contribution in [2.24, 2.45) is 0 Å². The number of aliphatic hydroxyl groups is 1. The molecule has 4 heteroatoms. The molecule has 3 nitrogen and oxygen atoms in total. The second-order valence-corrected chi connectivity index (χ2v) is 9.78. The lowest BCUT2D eigenvalue weighted by molar-refractivity contribution is -0.147. The van der Waals surface area contributed by atoms with Gasteiger partial charge in [-0.3, -0.25) is 4.79 Å². The van der Waals surface area contributed by atoms with Gasteiger partial charge in [0.15, 0.2) is 0 Å². The lowest BCUT2D eigenvalue weighted by Gasteiger charge is -2.16. The van der Waals surface area contributed by atoms with E-state index < -0.39 is 14.2 Å². The lowest BCUT2D eigenvalue weighted by Crippen LogP contribution is -2.22. The summed E-state index contributed by atoms with van der Waals surface area (Å²) in [5, 5.41) is 9.45. The highest BCUT2D eigenvalue weighted by atomic mass is 28.3. The molecule has 17 heavy (non-hydrogen) atoms. The van der Waals surface area contributed by atoms with Crippen LogP contribution in [0.5, 0.6) is 0 Å². The van der Waals surface area contributed by atoms with Crippen molar-refractivity contribution in [2.75, 3.05) is 0 Å². The highest BCUT2D eigenvalue weighted by molar-refractivity contribution is 6.83. The molecule has 0 saturated carbocycles. The highest BCUT2D eigenvalue weighted by Crippen LogP contribution is 2.09. The van der Waals surface area contributed by atoms with E-state index in [9.17, 15) is 9.90 Å². The summed E-state index contributed by atoms with van der Waals surface area (Å²) in [6.07, 6.45) is 1.23. The molecule has 0 aromatic heterocycles. The summed E-state index contributed by atoms with van der Waals surface area (Å²) in [5.74, 6) is 2.70. The molecule has 0 radical (unpaired) electrons. The van der Waals surface area contributed by atoms with Crippen LogP contribution in [0.3, 0.4) is 0 Å². The number of hydrogen-bond donors (Lipinski definition) is 1. The minimum absolute atomic E-state index is 0.346. The number of ether oxygens (including phenoxy) is 1. The first-order chi connectivity index (χ1) is 7.74. The Balaban J connectivity index is 4.42. The van der Waals surface area contributed by atoms with E-state index in [1.165, 1.54) is 13.0 Å². The van der Waals surface area contributed by atoms with E-state index in [4.69, 9.17) is 4.74 Å². The van der Waals surface area contributed by atoms with Crippen LogP contribution in [0.1, 0.15) is 19.8 Å². The zero-order chi connectivity index (χ0) is 13.5. The van der Waals surface area contributed by atoms with E-state index >= 15 is 0 Å². The Morgan fingerprint density at radius 3 is 2.53 bits per heavy atom. The highest BCUT2D eigenvalue weighted by Gasteiger charge is 2.15. The van der Waals surface area contributed by atoms with Crippen molar-refractivity contribution in [1.29, 1.82) is 0 Å². The minimum Gasteiger partial charge on any atom is -0.461 e. The zero-order valence-electron chi connectivity index (χ0n) is 11.1. The maximum Gasteiger partial charge on any atom is 0.302 e. The summed E-state index contributed by atoms with van der Waals surface area (Å²) >= 11 is 0. The van der Waals surface area contributed by atoms with E-state index in [2.05, 4.69) is 37.7 Å². The Morgan fingerprint density at radius 1 is 1.53 bits per heavy atom. The van der Waals surface area contributed by atoms with Gasteiger partial charge in [0.05, 0.1) is 6.10 Å². The van der Waals surface area contributed by atoms with Crippen LogP contribution in [0.15, 0.2) is 12.7 Å². The molecule has 0 unspecified atom stereocenters. The van der Waals surface area contributed by atoms with Gasteiger partial charge in [0.1, 0.15) is 14.2 Å². The van der Waals surface area contributed by atoms with Gasteiger partial charge < -0.3 is 9.84 Å². The van der Waals surface area contributed by atoms with Gasteiger partial charge in [-0.2, -0.15) is 0 Å². The summed E-state index contributed by atoms with van der Waals surface area (Å²) < 4.78 is 5.10. The number of esters is 1. The van der Waals surface area contributed by atoms with Crippen LogP contribution in [0.4, 0.5) is 0 Å². The average molecular weight is 254 g/mol. The predicted octanol–water partition coefficient (Wildman–Crippen LogP) is 2.13. The van der Waals surface area contributed by atoms with Gasteiger partial charge in [-0.1, -0.05) is 25.7 Å². The van der Waals surface area contributed by atoms with Crippen molar-refractivity contribution in [3.8, 4) is 11.5 Å². The molecule has 0 heterocycles. The third kappa shape index (κ3) is 9.85. The van der Waals surface area contributed by atoms with Crippen LogP contribution >= 0.6 is 0 Å². The number of carbonyl (C=O) groups is 1. The van der Waals surface area contributed by atoms with Crippen molar-refractivity contribution in [2.45, 2.75) is 51.6 Å². The van der Waals surface area contributed by atoms with Crippen LogP contribution in [0.2, 0.25) is 19.6 Å². The van der Waals surface area contributed by atoms with Gasteiger partial charge in [0.25, 0.3) is 0 Å². The summed E-state index contributed by atoms with van der Waals surface area (Å²) in [6.45, 7) is 11.3. The van der Waals surface area contributed by atoms with Crippen molar-refractivity contribution in [3.05, 3.63) is 12.7 Å². The summed E-state index contributed by atoms with van der Waals surface area (Å²) in [5.41, 5.74) is 3.21. The molecule has 0 aromatic carbocycles. The van der Waals surface area contributed by atoms with E-state index in [0.717, 1.165) is 0 Å². The molecule has 0 amide bonds. The third-order valence-corrected chi connectivity index (χ3v) is 2.83. The molecule has 0 rings (SSSR count). The molecule has 0 aliphatic rings. The van der Waals surface area contributed by atoms with Gasteiger partial charge in [-0.25, -0.2) is 0 Å². The Hall–Kier alpha value is -1.05. The van der Waals surface area contributed by atoms with Gasteiger partial charge in [-0.05, 0) is 0 Å². The van der Waals surface area contributed by atoms with E-state index in [1.54, 1.807) is 0 Å². The first-order valence-electron chi connectivity index (χ1n) is 5.72. The standard InChI is InChI=1S/C13H22O3Si/c1-6-12(15)10-13(16-11(2)14)8-7-9-17(3,4)5/h6,12-13,15H,1,8,10H2,2-5H3/t12-,13+/m0/s1. The molecule has 0 saturated heterocycles. The van der Waals surface area contributed by atoms with Crippen molar-refractivity contribution >= 4 is 14.0 Å². The summed E-state index contributed by atoms with van der Waals surface area (Å²) in [6, 6.07) is 0. The fraction of sp³-hybridized carbons (Fsp3) is 0.615. The van der Waals surface area contributed by atoms with Crippen LogP contribution in [-0.4, -0.2) is 31.4 Å². The Labute approximate surface area is 105 Å². The van der Waals surface area contributed by atoms with Gasteiger partial charge in [0, 0.05) is 19.8 Å². The third-order valence-electron chi connectivity index (χ3n) is 1.90. The molecule has 0 aliphatic carbocycles. The van der Waals surface area contributed by atoms with Crippen LogP contribution in [-0.2, 0) is 9.53 Å². The molecular weight excluding hydrogens is 232 g/mol. The average Bonchev–Trinajstić information content (AvgIpc) is 2.14. The molecule has 2 atom stereocenters. The maximum absolute atomic E-state index is 10.9. The van der Waals surface area contributed by atoms with Crippen LogP contribution in [0, 0.1) is 11.5 Å². The van der Waals surface area contributed by atoms with Gasteiger partial charge in [0.2, 0.25) is 0 Å². The van der Waals surface area contributed by atoms with E-state index in [1.807, 2.05) is 0 Å². The Bertz CT molecular complexity index is 320. The Kier molecular flexibility index (Phi) is 6.85. The van der Waals surface area contributed by atoms with Crippen molar-refractivity contribution in [3.63, 3.8) is 0 Å². The van der Waals surface area contributed by atoms with Crippen LogP contribution < -0.4 is 0 Å². The number of rotatable bonds is 5. The fourth-order valence-electron chi connectivity index (χ4n) is 1.20. The first-order valence-corrected chi connectivity index (χ1v) is 9.22. The lowest BCUT2D eigenvalue weighted by atomic mass is 10.1. The van der Waals surface area contributed by atoms with Gasteiger partial charge >= 0.3 is 5.97 Å². The smallest absolute Gasteiger partial charge is 0.302 e. The Morgan fingerprint density at radius 2 is 2.12 bits per heavy atom. The second kappa shape index (κ2) is 7.31. The van der Waals surface area contributed by atoms with Crippen molar-refractivity contribution < 1.29 is 14.6 Å². The predicted molar refractivity (Wildman–Crippen MR) is 72.1 cm³/mol. The second-order valence-electron chi connectivity index (χ2n) is 5.03. The molecule has 0 fully saturated rings. The molecule has 0 aromatic rings. The van der Waals surface area contributed by atoms with Crippen LogP contribution in [0.25, 0.3) is 0 Å². The summed E-state index contributed by atoms with van der Waals surface area (Å²) in [7, 11) is -1.40. The molecule has 0 bridgehead atoms. The first kappa shape index (κ1) is 15.9. The summed E-state index contributed by atoms with van der Waals surface area (Å²) in [4.78, 5) is 10.9. The SMILES string of the molecule is C=C[C@H](O)C[C@@H](CC#C[Si](C)(C)C)OC(C)=O. The normalized spacial score (nSPS) is 14.2. The largest absolute Gasteiger partial charge is 0.461 e. The number of aliphatic hydroxyl groups excluding tert-OH is 1. The molecule has 96 valence electrons. The minimum atomic E-state index is -1.40. The number of carbonyl (C=O) groups excluding carboxylic acids is 1.